The molecule has 0 saturated carbocycles. The van der Waals surface area contributed by atoms with E-state index in [9.17, 15) is 4.39 Å². The number of benzene rings is 1. The lowest BCUT2D eigenvalue weighted by Gasteiger charge is -2.24. The monoisotopic (exact) mass is 255 g/mol. The Labute approximate surface area is 105 Å². The maximum atomic E-state index is 13.0. The fourth-order valence-electron chi connectivity index (χ4n) is 2.38. The minimum absolute atomic E-state index is 0. The third kappa shape index (κ3) is 2.28. The van der Waals surface area contributed by atoms with Crippen molar-refractivity contribution in [2.45, 2.75) is 18.9 Å². The van der Waals surface area contributed by atoms with Gasteiger partial charge in [-0.05, 0) is 38.1 Å². The van der Waals surface area contributed by atoms with Crippen molar-refractivity contribution < 1.29 is 4.39 Å². The molecule has 1 fully saturated rings. The van der Waals surface area contributed by atoms with Crippen LogP contribution in [0.25, 0.3) is 11.0 Å². The molecule has 1 aliphatic heterocycles. The number of fused-ring (bicyclic) bond motifs is 1. The van der Waals surface area contributed by atoms with E-state index in [-0.39, 0.29) is 18.2 Å². The van der Waals surface area contributed by atoms with Crippen molar-refractivity contribution in [2.24, 2.45) is 0 Å². The first kappa shape index (κ1) is 12.3. The number of halogens is 2. The van der Waals surface area contributed by atoms with Crippen LogP contribution in [-0.2, 0) is 0 Å². The minimum Gasteiger partial charge on any atom is -0.327 e. The van der Waals surface area contributed by atoms with E-state index < -0.39 is 0 Å². The van der Waals surface area contributed by atoms with Crippen LogP contribution in [0.2, 0.25) is 0 Å². The Balaban J connectivity index is 0.00000108. The number of hydrogen-bond acceptors (Lipinski definition) is 2. The van der Waals surface area contributed by atoms with Gasteiger partial charge in [-0.2, -0.15) is 0 Å². The predicted octanol–water partition coefficient (Wildman–Crippen LogP) is 2.52. The normalized spacial score (nSPS) is 17.0. The van der Waals surface area contributed by atoms with Crippen LogP contribution in [0.3, 0.4) is 0 Å². The molecule has 92 valence electrons. The van der Waals surface area contributed by atoms with Gasteiger partial charge in [0.2, 0.25) is 0 Å². The van der Waals surface area contributed by atoms with Gasteiger partial charge in [-0.15, -0.1) is 12.4 Å². The Bertz CT molecular complexity index is 505. The van der Waals surface area contributed by atoms with Gasteiger partial charge in [0.1, 0.15) is 5.82 Å². The lowest BCUT2D eigenvalue weighted by molar-refractivity contribution is 0.374. The molecule has 0 aliphatic carbocycles. The van der Waals surface area contributed by atoms with Crippen molar-refractivity contribution in [3.05, 3.63) is 30.3 Å². The summed E-state index contributed by atoms with van der Waals surface area (Å²) in [5, 5.41) is 3.34. The molecule has 1 N–H and O–H groups in total. The van der Waals surface area contributed by atoms with Crippen LogP contribution in [0.4, 0.5) is 4.39 Å². The number of imidazole rings is 1. The molecule has 0 spiro atoms. The van der Waals surface area contributed by atoms with Gasteiger partial charge >= 0.3 is 0 Å². The Kier molecular flexibility index (Phi) is 3.64. The Morgan fingerprint density at radius 3 is 2.82 bits per heavy atom. The van der Waals surface area contributed by atoms with Crippen molar-refractivity contribution in [2.75, 3.05) is 13.1 Å². The predicted molar refractivity (Wildman–Crippen MR) is 68.1 cm³/mol. The van der Waals surface area contributed by atoms with Crippen LogP contribution >= 0.6 is 12.4 Å². The molecular formula is C12H15ClFN3. The molecule has 0 bridgehead atoms. The molecule has 2 aromatic rings. The number of aromatic nitrogens is 2. The third-order valence-electron chi connectivity index (χ3n) is 3.24. The van der Waals surface area contributed by atoms with Gasteiger partial charge in [-0.3, -0.25) is 0 Å². The largest absolute Gasteiger partial charge is 0.327 e. The lowest BCUT2D eigenvalue weighted by atomic mass is 10.1. The van der Waals surface area contributed by atoms with Gasteiger partial charge in [-0.25, -0.2) is 9.37 Å². The molecule has 0 unspecified atom stereocenters. The zero-order chi connectivity index (χ0) is 11.0. The summed E-state index contributed by atoms with van der Waals surface area (Å²) < 4.78 is 15.2. The topological polar surface area (TPSA) is 29.9 Å². The number of piperidine rings is 1. The Hall–Kier alpha value is -1.13. The van der Waals surface area contributed by atoms with E-state index in [1.807, 2.05) is 12.4 Å². The molecule has 0 atom stereocenters. The minimum atomic E-state index is -0.219. The third-order valence-corrected chi connectivity index (χ3v) is 3.24. The Morgan fingerprint density at radius 1 is 1.29 bits per heavy atom. The molecule has 17 heavy (non-hydrogen) atoms. The van der Waals surface area contributed by atoms with Crippen LogP contribution in [0, 0.1) is 5.82 Å². The van der Waals surface area contributed by atoms with E-state index in [2.05, 4.69) is 14.9 Å². The van der Waals surface area contributed by atoms with E-state index >= 15 is 0 Å². The molecule has 0 radical (unpaired) electrons. The summed E-state index contributed by atoms with van der Waals surface area (Å²) in [5.41, 5.74) is 1.78. The Morgan fingerprint density at radius 2 is 2.06 bits per heavy atom. The number of nitrogens with zero attached hydrogens (tertiary/aromatic N) is 2. The first-order chi connectivity index (χ1) is 7.84. The second kappa shape index (κ2) is 5.02. The summed E-state index contributed by atoms with van der Waals surface area (Å²) in [6.07, 6.45) is 4.06. The van der Waals surface area contributed by atoms with Crippen LogP contribution in [0.1, 0.15) is 18.9 Å². The van der Waals surface area contributed by atoms with Crippen LogP contribution < -0.4 is 5.32 Å². The van der Waals surface area contributed by atoms with E-state index in [4.69, 9.17) is 0 Å². The molecule has 2 heterocycles. The van der Waals surface area contributed by atoms with Gasteiger partial charge in [0, 0.05) is 12.1 Å². The molecule has 1 aromatic heterocycles. The first-order valence-electron chi connectivity index (χ1n) is 5.67. The van der Waals surface area contributed by atoms with Gasteiger partial charge in [0.15, 0.2) is 0 Å². The fourth-order valence-corrected chi connectivity index (χ4v) is 2.38. The summed E-state index contributed by atoms with van der Waals surface area (Å²) >= 11 is 0. The lowest BCUT2D eigenvalue weighted by Crippen LogP contribution is -2.29. The second-order valence-electron chi connectivity index (χ2n) is 4.27. The summed E-state index contributed by atoms with van der Waals surface area (Å²) in [6.45, 7) is 2.09. The van der Waals surface area contributed by atoms with Gasteiger partial charge in [0.05, 0.1) is 17.4 Å². The first-order valence-corrected chi connectivity index (χ1v) is 5.67. The van der Waals surface area contributed by atoms with Crippen molar-refractivity contribution in [3.8, 4) is 0 Å². The number of hydrogen-bond donors (Lipinski definition) is 1. The average Bonchev–Trinajstić information content (AvgIpc) is 2.73. The van der Waals surface area contributed by atoms with Crippen LogP contribution in [-0.4, -0.2) is 22.6 Å². The second-order valence-corrected chi connectivity index (χ2v) is 4.27. The molecule has 1 saturated heterocycles. The highest BCUT2D eigenvalue weighted by Crippen LogP contribution is 2.24. The van der Waals surface area contributed by atoms with E-state index in [0.29, 0.717) is 6.04 Å². The highest BCUT2D eigenvalue weighted by atomic mass is 35.5. The zero-order valence-corrected chi connectivity index (χ0v) is 10.2. The SMILES string of the molecule is Cl.Fc1ccc2c(c1)ncn2C1CCNCC1. The molecule has 3 nitrogen and oxygen atoms in total. The fraction of sp³-hybridized carbons (Fsp3) is 0.417. The van der Waals surface area contributed by atoms with Gasteiger partial charge in [-0.1, -0.05) is 0 Å². The summed E-state index contributed by atoms with van der Waals surface area (Å²) in [6, 6.07) is 5.31. The smallest absolute Gasteiger partial charge is 0.125 e. The zero-order valence-electron chi connectivity index (χ0n) is 9.40. The van der Waals surface area contributed by atoms with Crippen molar-refractivity contribution in [1.29, 1.82) is 0 Å². The van der Waals surface area contributed by atoms with Crippen LogP contribution in [0.5, 0.6) is 0 Å². The maximum absolute atomic E-state index is 13.0. The molecule has 1 aliphatic rings. The summed E-state index contributed by atoms with van der Waals surface area (Å²) in [7, 11) is 0. The van der Waals surface area contributed by atoms with Gasteiger partial charge in [0.25, 0.3) is 0 Å². The number of rotatable bonds is 1. The highest BCUT2D eigenvalue weighted by molar-refractivity contribution is 5.85. The molecular weight excluding hydrogens is 241 g/mol. The van der Waals surface area contributed by atoms with Crippen molar-refractivity contribution >= 4 is 23.4 Å². The summed E-state index contributed by atoms with van der Waals surface area (Å²) in [5.74, 6) is -0.219. The summed E-state index contributed by atoms with van der Waals surface area (Å²) in [4.78, 5) is 4.26. The maximum Gasteiger partial charge on any atom is 0.125 e. The van der Waals surface area contributed by atoms with E-state index in [0.717, 1.165) is 37.0 Å². The number of nitrogens with one attached hydrogen (secondary N) is 1. The van der Waals surface area contributed by atoms with E-state index in [1.54, 1.807) is 0 Å². The van der Waals surface area contributed by atoms with E-state index in [1.165, 1.54) is 12.1 Å². The quantitative estimate of drug-likeness (QED) is 0.849. The standard InChI is InChI=1S/C12H14FN3.ClH/c13-9-1-2-12-11(7-9)15-8-16(12)10-3-5-14-6-4-10;/h1-2,7-8,10,14H,3-6H2;1H. The van der Waals surface area contributed by atoms with Crippen molar-refractivity contribution in [3.63, 3.8) is 0 Å². The molecule has 1 aromatic carbocycles. The van der Waals surface area contributed by atoms with Crippen molar-refractivity contribution in [1.82, 2.24) is 14.9 Å². The van der Waals surface area contributed by atoms with Gasteiger partial charge < -0.3 is 9.88 Å². The molecule has 3 rings (SSSR count). The van der Waals surface area contributed by atoms with Crippen LogP contribution in [0.15, 0.2) is 24.5 Å². The molecule has 5 heteroatoms. The highest BCUT2D eigenvalue weighted by Gasteiger charge is 2.16. The molecule has 0 amide bonds. The average molecular weight is 256 g/mol.